The number of carbonyl (C=O) groups excluding carboxylic acids is 1. The fourth-order valence-corrected chi connectivity index (χ4v) is 4.08. The van der Waals surface area contributed by atoms with Gasteiger partial charge in [0.15, 0.2) is 0 Å². The number of sulfonamides is 1. The zero-order valence-corrected chi connectivity index (χ0v) is 17.0. The van der Waals surface area contributed by atoms with Crippen molar-refractivity contribution in [3.63, 3.8) is 0 Å². The quantitative estimate of drug-likeness (QED) is 0.692. The Bertz CT molecular complexity index is 883. The number of hydrogen-bond donors (Lipinski definition) is 1. The van der Waals surface area contributed by atoms with Crippen LogP contribution in [0, 0.1) is 5.82 Å². The standard InChI is InChI=1S/C20H25FN2O4S/c1-4-23(28(25,26)19-12-10-18(11-13-19)27-5-2)14-20(24)22-15(3)16-6-8-17(21)9-7-16/h6-13,15H,4-5,14H2,1-3H3,(H,22,24)/t15-/m1/s1. The maximum Gasteiger partial charge on any atom is 0.243 e. The van der Waals surface area contributed by atoms with Crippen LogP contribution in [0.1, 0.15) is 32.4 Å². The Kier molecular flexibility index (Phi) is 7.53. The Labute approximate surface area is 165 Å². The molecule has 0 aromatic heterocycles. The number of halogens is 1. The van der Waals surface area contributed by atoms with E-state index in [0.29, 0.717) is 12.4 Å². The molecule has 1 N–H and O–H groups in total. The summed E-state index contributed by atoms with van der Waals surface area (Å²) in [6, 6.07) is 11.5. The Morgan fingerprint density at radius 3 is 2.25 bits per heavy atom. The Balaban J connectivity index is 2.06. The molecular weight excluding hydrogens is 383 g/mol. The molecule has 2 rings (SSSR count). The highest BCUT2D eigenvalue weighted by molar-refractivity contribution is 7.89. The molecular formula is C20H25FN2O4S. The predicted molar refractivity (Wildman–Crippen MR) is 105 cm³/mol. The van der Waals surface area contributed by atoms with Crippen molar-refractivity contribution in [2.75, 3.05) is 19.7 Å². The molecule has 0 bridgehead atoms. The highest BCUT2D eigenvalue weighted by atomic mass is 32.2. The zero-order valence-electron chi connectivity index (χ0n) is 16.2. The minimum Gasteiger partial charge on any atom is -0.494 e. The summed E-state index contributed by atoms with van der Waals surface area (Å²) in [6.45, 7) is 5.59. The lowest BCUT2D eigenvalue weighted by atomic mass is 10.1. The number of likely N-dealkylation sites (N-methyl/N-ethyl adjacent to an activating group) is 1. The first-order chi connectivity index (χ1) is 13.3. The van der Waals surface area contributed by atoms with Crippen LogP contribution in [0.3, 0.4) is 0 Å². The van der Waals surface area contributed by atoms with Crippen LogP contribution in [-0.2, 0) is 14.8 Å². The topological polar surface area (TPSA) is 75.7 Å². The van der Waals surface area contributed by atoms with Crippen LogP contribution in [0.5, 0.6) is 5.75 Å². The van der Waals surface area contributed by atoms with E-state index in [1.165, 1.54) is 24.3 Å². The lowest BCUT2D eigenvalue weighted by Gasteiger charge is -2.22. The molecule has 0 aliphatic rings. The summed E-state index contributed by atoms with van der Waals surface area (Å²) >= 11 is 0. The SMILES string of the molecule is CCOc1ccc(S(=O)(=O)N(CC)CC(=O)N[C@H](C)c2ccc(F)cc2)cc1. The first-order valence-electron chi connectivity index (χ1n) is 9.05. The van der Waals surface area contributed by atoms with Crippen LogP contribution in [0.15, 0.2) is 53.4 Å². The van der Waals surface area contributed by atoms with E-state index >= 15 is 0 Å². The van der Waals surface area contributed by atoms with Gasteiger partial charge in [0.1, 0.15) is 11.6 Å². The average Bonchev–Trinajstić information content (AvgIpc) is 2.67. The highest BCUT2D eigenvalue weighted by Gasteiger charge is 2.25. The second-order valence-electron chi connectivity index (χ2n) is 6.18. The van der Waals surface area contributed by atoms with Gasteiger partial charge in [-0.3, -0.25) is 4.79 Å². The third kappa shape index (κ3) is 5.53. The van der Waals surface area contributed by atoms with Crippen molar-refractivity contribution in [1.82, 2.24) is 9.62 Å². The number of nitrogens with zero attached hydrogens (tertiary/aromatic N) is 1. The third-order valence-corrected chi connectivity index (χ3v) is 6.13. The fraction of sp³-hybridized carbons (Fsp3) is 0.350. The van der Waals surface area contributed by atoms with E-state index in [4.69, 9.17) is 4.74 Å². The van der Waals surface area contributed by atoms with E-state index in [0.717, 1.165) is 9.87 Å². The van der Waals surface area contributed by atoms with Gasteiger partial charge in [-0.15, -0.1) is 0 Å². The van der Waals surface area contributed by atoms with E-state index in [1.54, 1.807) is 38.1 Å². The number of carbonyl (C=O) groups is 1. The van der Waals surface area contributed by atoms with Gasteiger partial charge < -0.3 is 10.1 Å². The molecule has 2 aromatic carbocycles. The van der Waals surface area contributed by atoms with Gasteiger partial charge in [-0.2, -0.15) is 4.31 Å². The van der Waals surface area contributed by atoms with Crippen molar-refractivity contribution in [1.29, 1.82) is 0 Å². The van der Waals surface area contributed by atoms with Crippen LogP contribution in [0.2, 0.25) is 0 Å². The zero-order chi connectivity index (χ0) is 20.7. The number of rotatable bonds is 9. The minimum absolute atomic E-state index is 0.0946. The maximum absolute atomic E-state index is 13.0. The molecule has 152 valence electrons. The number of hydrogen-bond acceptors (Lipinski definition) is 4. The molecule has 28 heavy (non-hydrogen) atoms. The summed E-state index contributed by atoms with van der Waals surface area (Å²) in [5.41, 5.74) is 0.729. The Hall–Kier alpha value is -2.45. The summed E-state index contributed by atoms with van der Waals surface area (Å²) in [4.78, 5) is 12.5. The molecule has 0 saturated carbocycles. The van der Waals surface area contributed by atoms with Crippen molar-refractivity contribution >= 4 is 15.9 Å². The van der Waals surface area contributed by atoms with Crippen molar-refractivity contribution in [2.45, 2.75) is 31.7 Å². The van der Waals surface area contributed by atoms with Gasteiger partial charge in [0.05, 0.1) is 24.1 Å². The van der Waals surface area contributed by atoms with Crippen molar-refractivity contribution in [3.8, 4) is 5.75 Å². The molecule has 0 aliphatic carbocycles. The van der Waals surface area contributed by atoms with Crippen LogP contribution >= 0.6 is 0 Å². The van der Waals surface area contributed by atoms with E-state index in [2.05, 4.69) is 5.32 Å². The molecule has 1 atom stereocenters. The number of benzene rings is 2. The van der Waals surface area contributed by atoms with Crippen molar-refractivity contribution in [2.24, 2.45) is 0 Å². The summed E-state index contributed by atoms with van der Waals surface area (Å²) < 4.78 is 45.1. The molecule has 0 fully saturated rings. The molecule has 2 aromatic rings. The lowest BCUT2D eigenvalue weighted by Crippen LogP contribution is -2.41. The van der Waals surface area contributed by atoms with E-state index in [9.17, 15) is 17.6 Å². The van der Waals surface area contributed by atoms with Crippen LogP contribution < -0.4 is 10.1 Å². The summed E-state index contributed by atoms with van der Waals surface area (Å²) in [5.74, 6) is -0.218. The predicted octanol–water partition coefficient (Wildman–Crippen LogP) is 3.11. The smallest absolute Gasteiger partial charge is 0.243 e. The summed E-state index contributed by atoms with van der Waals surface area (Å²) in [5, 5.41) is 2.74. The van der Waals surface area contributed by atoms with Gasteiger partial charge in [0, 0.05) is 6.54 Å². The summed E-state index contributed by atoms with van der Waals surface area (Å²) in [7, 11) is -3.82. The van der Waals surface area contributed by atoms with E-state index in [1.807, 2.05) is 6.92 Å². The minimum atomic E-state index is -3.82. The van der Waals surface area contributed by atoms with Gasteiger partial charge in [-0.1, -0.05) is 19.1 Å². The molecule has 8 heteroatoms. The second-order valence-corrected chi connectivity index (χ2v) is 8.11. The third-order valence-electron chi connectivity index (χ3n) is 4.19. The molecule has 0 saturated heterocycles. The second kappa shape index (κ2) is 9.66. The molecule has 1 amide bonds. The van der Waals surface area contributed by atoms with Gasteiger partial charge >= 0.3 is 0 Å². The van der Waals surface area contributed by atoms with Crippen LogP contribution in [0.4, 0.5) is 4.39 Å². The fourth-order valence-electron chi connectivity index (χ4n) is 2.67. The number of ether oxygens (including phenoxy) is 1. The van der Waals surface area contributed by atoms with Gasteiger partial charge in [-0.25, -0.2) is 12.8 Å². The van der Waals surface area contributed by atoms with Gasteiger partial charge in [-0.05, 0) is 55.8 Å². The van der Waals surface area contributed by atoms with Crippen LogP contribution in [0.25, 0.3) is 0 Å². The van der Waals surface area contributed by atoms with Crippen molar-refractivity contribution in [3.05, 3.63) is 59.9 Å². The number of amides is 1. The lowest BCUT2D eigenvalue weighted by molar-refractivity contribution is -0.121. The number of nitrogens with one attached hydrogen (secondary N) is 1. The van der Waals surface area contributed by atoms with E-state index < -0.39 is 15.9 Å². The highest BCUT2D eigenvalue weighted by Crippen LogP contribution is 2.20. The Morgan fingerprint density at radius 2 is 1.71 bits per heavy atom. The normalized spacial score (nSPS) is 12.6. The van der Waals surface area contributed by atoms with Gasteiger partial charge in [0.25, 0.3) is 0 Å². The first kappa shape index (κ1) is 21.8. The average molecular weight is 408 g/mol. The van der Waals surface area contributed by atoms with Crippen molar-refractivity contribution < 1.29 is 22.3 Å². The molecule has 0 heterocycles. The molecule has 0 aliphatic heterocycles. The van der Waals surface area contributed by atoms with Crippen LogP contribution in [-0.4, -0.2) is 38.3 Å². The molecule has 0 unspecified atom stereocenters. The monoisotopic (exact) mass is 408 g/mol. The Morgan fingerprint density at radius 1 is 1.11 bits per heavy atom. The maximum atomic E-state index is 13.0. The van der Waals surface area contributed by atoms with E-state index in [-0.39, 0.29) is 29.8 Å². The molecule has 0 radical (unpaired) electrons. The van der Waals surface area contributed by atoms with Gasteiger partial charge in [0.2, 0.25) is 15.9 Å². The molecule has 6 nitrogen and oxygen atoms in total. The summed E-state index contributed by atoms with van der Waals surface area (Å²) in [6.07, 6.45) is 0. The molecule has 0 spiro atoms. The first-order valence-corrected chi connectivity index (χ1v) is 10.5. The largest absolute Gasteiger partial charge is 0.494 e.